The first-order valence-corrected chi connectivity index (χ1v) is 14.5. The summed E-state index contributed by atoms with van der Waals surface area (Å²) in [4.78, 5) is 30.1. The van der Waals surface area contributed by atoms with Crippen LogP contribution in [-0.2, 0) is 6.61 Å². The second kappa shape index (κ2) is 13.1. The molecule has 0 radical (unpaired) electrons. The molecular formula is C34H31ClN4O5. The van der Waals surface area contributed by atoms with Crippen molar-refractivity contribution in [1.29, 1.82) is 0 Å². The number of ether oxygens (including phenoxy) is 2. The molecular weight excluding hydrogens is 580 g/mol. The molecule has 4 aromatic carbocycles. The van der Waals surface area contributed by atoms with Crippen LogP contribution in [0.15, 0.2) is 88.8 Å². The highest BCUT2D eigenvalue weighted by Gasteiger charge is 2.22. The Hall–Kier alpha value is -5.02. The molecule has 0 atom stereocenters. The second-order valence-corrected chi connectivity index (χ2v) is 10.9. The highest BCUT2D eigenvalue weighted by atomic mass is 35.5. The van der Waals surface area contributed by atoms with Crippen molar-refractivity contribution in [2.75, 3.05) is 6.61 Å². The smallest absolute Gasteiger partial charge is 0.313 e. The molecule has 9 nitrogen and oxygen atoms in total. The van der Waals surface area contributed by atoms with Gasteiger partial charge in [0.05, 0.1) is 33.7 Å². The van der Waals surface area contributed by atoms with Gasteiger partial charge in [-0.05, 0) is 66.8 Å². The third-order valence-electron chi connectivity index (χ3n) is 7.06. The number of nitro benzene ring substituents is 1. The number of hydrogen-bond acceptors (Lipinski definition) is 7. The molecule has 0 amide bonds. The summed E-state index contributed by atoms with van der Waals surface area (Å²) in [7, 11) is 0. The minimum Gasteiger partial charge on any atom is -0.494 e. The second-order valence-electron chi connectivity index (χ2n) is 10.5. The Morgan fingerprint density at radius 1 is 1.05 bits per heavy atom. The van der Waals surface area contributed by atoms with Crippen LogP contribution in [0.5, 0.6) is 11.5 Å². The maximum absolute atomic E-state index is 13.8. The van der Waals surface area contributed by atoms with Gasteiger partial charge in [-0.1, -0.05) is 67.9 Å². The molecule has 0 saturated heterocycles. The van der Waals surface area contributed by atoms with E-state index in [1.807, 2.05) is 62.4 Å². The molecule has 0 bridgehead atoms. The molecule has 0 aliphatic rings. The zero-order valence-electron chi connectivity index (χ0n) is 24.8. The van der Waals surface area contributed by atoms with E-state index >= 15 is 0 Å². The van der Waals surface area contributed by atoms with Crippen LogP contribution in [0.3, 0.4) is 0 Å². The molecule has 0 N–H and O–H groups in total. The van der Waals surface area contributed by atoms with Crippen molar-refractivity contribution in [3.8, 4) is 22.9 Å². The summed E-state index contributed by atoms with van der Waals surface area (Å²) in [6, 6.07) is 23.1. The van der Waals surface area contributed by atoms with Gasteiger partial charge in [0, 0.05) is 17.2 Å². The van der Waals surface area contributed by atoms with Gasteiger partial charge in [-0.3, -0.25) is 14.9 Å². The molecule has 0 fully saturated rings. The van der Waals surface area contributed by atoms with Crippen LogP contribution in [0.4, 0.5) is 5.69 Å². The molecule has 1 heterocycles. The summed E-state index contributed by atoms with van der Waals surface area (Å²) in [5.41, 5.74) is 3.51. The molecule has 5 aromatic rings. The van der Waals surface area contributed by atoms with Gasteiger partial charge in [-0.15, -0.1) is 0 Å². The molecule has 0 unspecified atom stereocenters. The van der Waals surface area contributed by atoms with Gasteiger partial charge in [0.2, 0.25) is 5.75 Å². The SMILES string of the molecule is CCOc1cc(C)c(-c2nc3ccccc3c(=O)n2N=Cc2cc(Cl)c(OCc3ccccc3)c([N+](=O)[O-])c2)cc1C(C)C. The highest BCUT2D eigenvalue weighted by molar-refractivity contribution is 6.32. The van der Waals surface area contributed by atoms with Gasteiger partial charge >= 0.3 is 5.69 Å². The third kappa shape index (κ3) is 6.33. The van der Waals surface area contributed by atoms with Crippen molar-refractivity contribution in [3.05, 3.63) is 127 Å². The maximum atomic E-state index is 13.8. The lowest BCUT2D eigenvalue weighted by molar-refractivity contribution is -0.385. The Balaban J connectivity index is 1.62. The quantitative estimate of drug-likeness (QED) is 0.0902. The first-order valence-electron chi connectivity index (χ1n) is 14.2. The van der Waals surface area contributed by atoms with Crippen LogP contribution >= 0.6 is 11.6 Å². The summed E-state index contributed by atoms with van der Waals surface area (Å²) in [6.07, 6.45) is 1.36. The number of halogens is 1. The van der Waals surface area contributed by atoms with Crippen LogP contribution in [0.2, 0.25) is 5.02 Å². The number of hydrogen-bond donors (Lipinski definition) is 0. The molecule has 0 aliphatic heterocycles. The van der Waals surface area contributed by atoms with Crippen LogP contribution in [0.1, 0.15) is 48.9 Å². The van der Waals surface area contributed by atoms with E-state index < -0.39 is 4.92 Å². The fourth-order valence-corrected chi connectivity index (χ4v) is 5.16. The van der Waals surface area contributed by atoms with E-state index in [-0.39, 0.29) is 34.5 Å². The van der Waals surface area contributed by atoms with E-state index in [1.165, 1.54) is 23.0 Å². The fourth-order valence-electron chi connectivity index (χ4n) is 4.88. The lowest BCUT2D eigenvalue weighted by Gasteiger charge is -2.18. The number of nitro groups is 1. The number of nitrogens with zero attached hydrogens (tertiary/aromatic N) is 4. The molecule has 0 saturated carbocycles. The molecule has 0 aliphatic carbocycles. The van der Waals surface area contributed by atoms with Crippen LogP contribution in [0.25, 0.3) is 22.3 Å². The lowest BCUT2D eigenvalue weighted by Crippen LogP contribution is -2.21. The van der Waals surface area contributed by atoms with E-state index in [0.717, 1.165) is 22.4 Å². The van der Waals surface area contributed by atoms with Gasteiger partial charge < -0.3 is 9.47 Å². The van der Waals surface area contributed by atoms with Gasteiger partial charge in [-0.2, -0.15) is 9.78 Å². The number of rotatable bonds is 10. The van der Waals surface area contributed by atoms with Gasteiger partial charge in [0.25, 0.3) is 5.56 Å². The Kier molecular flexibility index (Phi) is 9.06. The summed E-state index contributed by atoms with van der Waals surface area (Å²) < 4.78 is 12.9. The predicted octanol–water partition coefficient (Wildman–Crippen LogP) is 7.92. The summed E-state index contributed by atoms with van der Waals surface area (Å²) in [5, 5.41) is 16.9. The number of benzene rings is 4. The molecule has 44 heavy (non-hydrogen) atoms. The van der Waals surface area contributed by atoms with Crippen molar-refractivity contribution in [2.24, 2.45) is 5.10 Å². The van der Waals surface area contributed by atoms with Crippen molar-refractivity contribution in [1.82, 2.24) is 9.66 Å². The molecule has 224 valence electrons. The van der Waals surface area contributed by atoms with E-state index in [0.29, 0.717) is 34.5 Å². The number of aromatic nitrogens is 2. The largest absolute Gasteiger partial charge is 0.494 e. The zero-order valence-corrected chi connectivity index (χ0v) is 25.5. The van der Waals surface area contributed by atoms with E-state index in [2.05, 4.69) is 18.9 Å². The van der Waals surface area contributed by atoms with Crippen LogP contribution in [-0.4, -0.2) is 27.4 Å². The molecule has 5 rings (SSSR count). The Bertz CT molecular complexity index is 1940. The summed E-state index contributed by atoms with van der Waals surface area (Å²) >= 11 is 6.49. The number of para-hydroxylation sites is 1. The third-order valence-corrected chi connectivity index (χ3v) is 7.35. The van der Waals surface area contributed by atoms with E-state index in [9.17, 15) is 14.9 Å². The summed E-state index contributed by atoms with van der Waals surface area (Å²) in [5.74, 6) is 1.20. The Morgan fingerprint density at radius 2 is 1.77 bits per heavy atom. The topological polar surface area (TPSA) is 109 Å². The highest BCUT2D eigenvalue weighted by Crippen LogP contribution is 2.37. The first-order chi connectivity index (χ1) is 21.2. The Morgan fingerprint density at radius 3 is 2.48 bits per heavy atom. The average molecular weight is 611 g/mol. The summed E-state index contributed by atoms with van der Waals surface area (Å²) in [6.45, 7) is 8.63. The van der Waals surface area contributed by atoms with Gasteiger partial charge in [-0.25, -0.2) is 4.98 Å². The van der Waals surface area contributed by atoms with Crippen LogP contribution in [0, 0.1) is 17.0 Å². The number of aryl methyl sites for hydroxylation is 1. The van der Waals surface area contributed by atoms with E-state index in [1.54, 1.807) is 18.2 Å². The molecule has 0 spiro atoms. The van der Waals surface area contributed by atoms with Crippen molar-refractivity contribution in [2.45, 2.75) is 40.2 Å². The molecule has 1 aromatic heterocycles. The standard InChI is InChI=1S/C34H31ClN4O5/c1-5-43-31-15-22(4)27(18-26(31)21(2)3)33-37-29-14-10-9-13-25(29)34(40)38(33)36-19-24-16-28(35)32(30(17-24)39(41)42)44-20-23-11-7-6-8-12-23/h6-19,21H,5,20H2,1-4H3. The van der Waals surface area contributed by atoms with Crippen molar-refractivity contribution < 1.29 is 14.4 Å². The monoisotopic (exact) mass is 610 g/mol. The lowest BCUT2D eigenvalue weighted by atomic mass is 9.96. The van der Waals surface area contributed by atoms with Crippen molar-refractivity contribution in [3.63, 3.8) is 0 Å². The average Bonchev–Trinajstić information content (AvgIpc) is 3.00. The van der Waals surface area contributed by atoms with Crippen LogP contribution < -0.4 is 15.0 Å². The minimum absolute atomic E-state index is 0.0460. The Labute approximate surface area is 259 Å². The molecule has 10 heteroatoms. The maximum Gasteiger partial charge on any atom is 0.313 e. The minimum atomic E-state index is -0.560. The predicted molar refractivity (Wildman–Crippen MR) is 173 cm³/mol. The van der Waals surface area contributed by atoms with Gasteiger partial charge in [0.15, 0.2) is 5.82 Å². The van der Waals surface area contributed by atoms with Gasteiger partial charge in [0.1, 0.15) is 12.4 Å². The zero-order chi connectivity index (χ0) is 31.4. The first kappa shape index (κ1) is 30.4. The fraction of sp³-hybridized carbons (Fsp3) is 0.206. The van der Waals surface area contributed by atoms with Crippen molar-refractivity contribution >= 4 is 34.4 Å². The normalized spacial score (nSPS) is 11.4. The van der Waals surface area contributed by atoms with E-state index in [4.69, 9.17) is 26.1 Å². The number of fused-ring (bicyclic) bond motifs is 1.